The number of amides is 4. The van der Waals surface area contributed by atoms with Gasteiger partial charge in [0.15, 0.2) is 0 Å². The summed E-state index contributed by atoms with van der Waals surface area (Å²) in [6.45, 7) is 4.98. The summed E-state index contributed by atoms with van der Waals surface area (Å²) in [4.78, 5) is 41.1. The van der Waals surface area contributed by atoms with Crippen LogP contribution in [0, 0.1) is 11.3 Å². The van der Waals surface area contributed by atoms with Crippen molar-refractivity contribution < 1.29 is 14.4 Å². The van der Waals surface area contributed by atoms with Gasteiger partial charge in [-0.05, 0) is 50.6 Å². The van der Waals surface area contributed by atoms with Crippen molar-refractivity contribution in [3.63, 3.8) is 0 Å². The van der Waals surface area contributed by atoms with Gasteiger partial charge in [-0.1, -0.05) is 30.3 Å². The maximum absolute atomic E-state index is 13.1. The molecule has 1 fully saturated rings. The van der Waals surface area contributed by atoms with Crippen LogP contribution in [0.25, 0.3) is 0 Å². The third-order valence-corrected chi connectivity index (χ3v) is 4.98. The molecule has 3 rings (SSSR count). The fourth-order valence-corrected chi connectivity index (χ4v) is 3.44. The number of nitrogens with one attached hydrogen (secondary N) is 1. The van der Waals surface area contributed by atoms with Gasteiger partial charge in [-0.25, -0.2) is 4.79 Å². The predicted molar refractivity (Wildman–Crippen MR) is 108 cm³/mol. The fourth-order valence-electron chi connectivity index (χ4n) is 3.44. The molecule has 29 heavy (non-hydrogen) atoms. The van der Waals surface area contributed by atoms with Gasteiger partial charge in [0, 0.05) is 11.7 Å². The summed E-state index contributed by atoms with van der Waals surface area (Å²) in [5.74, 6) is -0.851. The molecule has 2 aromatic carbocycles. The lowest BCUT2D eigenvalue weighted by molar-refractivity contribution is -0.134. The minimum absolute atomic E-state index is 0.143. The number of rotatable bonds is 5. The number of para-hydroxylation sites is 1. The summed E-state index contributed by atoms with van der Waals surface area (Å²) in [5.41, 5.74) is 0.417. The zero-order chi connectivity index (χ0) is 21.2. The summed E-state index contributed by atoms with van der Waals surface area (Å²) in [5, 5.41) is 11.6. The highest BCUT2D eigenvalue weighted by Crippen LogP contribution is 2.29. The molecular weight excluding hydrogens is 368 g/mol. The van der Waals surface area contributed by atoms with Crippen molar-refractivity contribution >= 4 is 23.5 Å². The van der Waals surface area contributed by atoms with Gasteiger partial charge in [0.2, 0.25) is 5.91 Å². The molecule has 1 heterocycles. The lowest BCUT2D eigenvalue weighted by Gasteiger charge is -2.28. The quantitative estimate of drug-likeness (QED) is 0.795. The second-order valence-electron chi connectivity index (χ2n) is 7.33. The Morgan fingerprint density at radius 1 is 1.14 bits per heavy atom. The van der Waals surface area contributed by atoms with Crippen molar-refractivity contribution in [2.45, 2.75) is 32.4 Å². The van der Waals surface area contributed by atoms with Crippen LogP contribution in [-0.4, -0.2) is 35.3 Å². The molecular formula is C22H22N4O3. The van der Waals surface area contributed by atoms with Gasteiger partial charge in [0.25, 0.3) is 5.91 Å². The Bertz CT molecular complexity index is 979. The molecule has 7 heteroatoms. The lowest BCUT2D eigenvalue weighted by atomic mass is 9.91. The van der Waals surface area contributed by atoms with Crippen molar-refractivity contribution in [1.82, 2.24) is 10.2 Å². The number of nitrogens with zero attached hydrogens (tertiary/aromatic N) is 3. The molecule has 1 aliphatic heterocycles. The molecule has 1 atom stereocenters. The number of hydrogen-bond acceptors (Lipinski definition) is 4. The Balaban J connectivity index is 1.84. The van der Waals surface area contributed by atoms with Gasteiger partial charge < -0.3 is 10.2 Å². The Morgan fingerprint density at radius 3 is 2.31 bits per heavy atom. The van der Waals surface area contributed by atoms with E-state index in [-0.39, 0.29) is 18.5 Å². The first-order chi connectivity index (χ1) is 13.8. The number of nitriles is 1. The van der Waals surface area contributed by atoms with E-state index < -0.39 is 17.5 Å². The van der Waals surface area contributed by atoms with Crippen LogP contribution >= 0.6 is 0 Å². The Morgan fingerprint density at radius 2 is 1.76 bits per heavy atom. The number of imide groups is 1. The molecule has 0 spiro atoms. The second kappa shape index (κ2) is 7.76. The molecule has 0 bridgehead atoms. The third-order valence-electron chi connectivity index (χ3n) is 4.98. The normalized spacial score (nSPS) is 18.5. The van der Waals surface area contributed by atoms with Gasteiger partial charge in [-0.15, -0.1) is 0 Å². The number of anilines is 1. The smallest absolute Gasteiger partial charge is 0.319 e. The van der Waals surface area contributed by atoms with Crippen molar-refractivity contribution in [2.24, 2.45) is 0 Å². The molecule has 0 aliphatic carbocycles. The lowest BCUT2D eigenvalue weighted by Crippen LogP contribution is -2.46. The predicted octanol–water partition coefficient (Wildman–Crippen LogP) is 2.77. The molecule has 1 N–H and O–H groups in total. The van der Waals surface area contributed by atoms with Crippen LogP contribution < -0.4 is 10.2 Å². The summed E-state index contributed by atoms with van der Waals surface area (Å²) in [7, 11) is 0. The number of carbonyl (C=O) groups excluding carboxylic acids is 3. The van der Waals surface area contributed by atoms with Crippen LogP contribution in [0.4, 0.5) is 10.5 Å². The molecule has 7 nitrogen and oxygen atoms in total. The SMILES string of the molecule is CC(C)N(C(=O)CN1C(=O)NC(C)(c2ccc(C#N)cc2)C1=O)c1ccccc1. The maximum atomic E-state index is 13.1. The molecule has 148 valence electrons. The monoisotopic (exact) mass is 390 g/mol. The Labute approximate surface area is 169 Å². The number of benzene rings is 2. The van der Waals surface area contributed by atoms with Gasteiger partial charge in [0.1, 0.15) is 12.1 Å². The van der Waals surface area contributed by atoms with Crippen LogP contribution in [0.1, 0.15) is 31.9 Å². The minimum atomic E-state index is -1.29. The van der Waals surface area contributed by atoms with E-state index in [1.165, 1.54) is 0 Å². The Hall–Kier alpha value is -3.66. The van der Waals surface area contributed by atoms with E-state index in [4.69, 9.17) is 5.26 Å². The maximum Gasteiger partial charge on any atom is 0.325 e. The first-order valence-electron chi connectivity index (χ1n) is 9.30. The van der Waals surface area contributed by atoms with E-state index in [2.05, 4.69) is 5.32 Å². The first-order valence-corrected chi connectivity index (χ1v) is 9.30. The number of hydrogen-bond donors (Lipinski definition) is 1. The van der Waals surface area contributed by atoms with Gasteiger partial charge >= 0.3 is 6.03 Å². The van der Waals surface area contributed by atoms with E-state index in [0.29, 0.717) is 16.8 Å². The van der Waals surface area contributed by atoms with Gasteiger partial charge in [-0.2, -0.15) is 5.26 Å². The average Bonchev–Trinajstić information content (AvgIpc) is 2.92. The van der Waals surface area contributed by atoms with Crippen LogP contribution in [-0.2, 0) is 15.1 Å². The summed E-state index contributed by atoms with van der Waals surface area (Å²) in [6, 6.07) is 16.8. The van der Waals surface area contributed by atoms with Crippen molar-refractivity contribution in [1.29, 1.82) is 5.26 Å². The summed E-state index contributed by atoms with van der Waals surface area (Å²) < 4.78 is 0. The van der Waals surface area contributed by atoms with E-state index in [1.54, 1.807) is 36.1 Å². The standard InChI is InChI=1S/C22H22N4O3/c1-15(2)26(18-7-5-4-6-8-18)19(27)14-25-20(28)22(3,24-21(25)29)17-11-9-16(13-23)10-12-17/h4-12,15H,14H2,1-3H3,(H,24,29). The largest absolute Gasteiger partial charge is 0.325 e. The highest BCUT2D eigenvalue weighted by Gasteiger charge is 2.49. The van der Waals surface area contributed by atoms with Crippen LogP contribution in [0.15, 0.2) is 54.6 Å². The van der Waals surface area contributed by atoms with Gasteiger partial charge in [0.05, 0.1) is 11.6 Å². The zero-order valence-corrected chi connectivity index (χ0v) is 16.5. The first kappa shape index (κ1) is 20.1. The minimum Gasteiger partial charge on any atom is -0.319 e. The molecule has 1 aliphatic rings. The molecule has 2 aromatic rings. The highest BCUT2D eigenvalue weighted by atomic mass is 16.2. The van der Waals surface area contributed by atoms with E-state index >= 15 is 0 Å². The molecule has 1 unspecified atom stereocenters. The highest BCUT2D eigenvalue weighted by molar-refractivity contribution is 6.10. The topological polar surface area (TPSA) is 93.5 Å². The number of carbonyl (C=O) groups is 3. The van der Waals surface area contributed by atoms with E-state index in [9.17, 15) is 14.4 Å². The van der Waals surface area contributed by atoms with Crippen molar-refractivity contribution in [3.8, 4) is 6.07 Å². The van der Waals surface area contributed by atoms with Crippen molar-refractivity contribution in [2.75, 3.05) is 11.4 Å². The third kappa shape index (κ3) is 3.69. The van der Waals surface area contributed by atoms with Crippen LogP contribution in [0.5, 0.6) is 0 Å². The molecule has 0 aromatic heterocycles. The molecule has 1 saturated heterocycles. The molecule has 0 saturated carbocycles. The fraction of sp³-hybridized carbons (Fsp3) is 0.273. The molecule has 0 radical (unpaired) electrons. The van der Waals surface area contributed by atoms with E-state index in [0.717, 1.165) is 4.90 Å². The Kier molecular flexibility index (Phi) is 5.37. The summed E-state index contributed by atoms with van der Waals surface area (Å²) >= 11 is 0. The average molecular weight is 390 g/mol. The molecule has 4 amide bonds. The van der Waals surface area contributed by atoms with Gasteiger partial charge in [-0.3, -0.25) is 14.5 Å². The van der Waals surface area contributed by atoms with Crippen LogP contribution in [0.2, 0.25) is 0 Å². The zero-order valence-electron chi connectivity index (χ0n) is 16.5. The van der Waals surface area contributed by atoms with E-state index in [1.807, 2.05) is 50.2 Å². The van der Waals surface area contributed by atoms with Crippen LogP contribution in [0.3, 0.4) is 0 Å². The number of urea groups is 1. The van der Waals surface area contributed by atoms with Crippen molar-refractivity contribution in [3.05, 3.63) is 65.7 Å². The summed E-state index contributed by atoms with van der Waals surface area (Å²) in [6.07, 6.45) is 0. The second-order valence-corrected chi connectivity index (χ2v) is 7.33.